The van der Waals surface area contributed by atoms with Gasteiger partial charge in [-0.1, -0.05) is 24.3 Å². The van der Waals surface area contributed by atoms with Crippen molar-refractivity contribution in [1.29, 1.82) is 0 Å². The summed E-state index contributed by atoms with van der Waals surface area (Å²) in [7, 11) is 1.66. The average Bonchev–Trinajstić information content (AvgIpc) is 2.41. The lowest BCUT2D eigenvalue weighted by Gasteiger charge is -2.06. The van der Waals surface area contributed by atoms with Crippen LogP contribution in [0.4, 0.5) is 5.69 Å². The smallest absolute Gasteiger partial charge is 0.221 e. The van der Waals surface area contributed by atoms with Crippen LogP contribution in [0.1, 0.15) is 18.1 Å². The highest BCUT2D eigenvalue weighted by atomic mass is 16.5. The molecule has 98 valence electrons. The second-order valence-corrected chi connectivity index (χ2v) is 4.40. The molecule has 0 spiro atoms. The zero-order chi connectivity index (χ0) is 13.7. The topological polar surface area (TPSA) is 38.3 Å². The van der Waals surface area contributed by atoms with Crippen molar-refractivity contribution in [3.63, 3.8) is 0 Å². The second-order valence-electron chi connectivity index (χ2n) is 4.40. The van der Waals surface area contributed by atoms with Crippen molar-refractivity contribution >= 4 is 11.6 Å². The molecule has 0 saturated carbocycles. The van der Waals surface area contributed by atoms with Gasteiger partial charge in [0.1, 0.15) is 5.75 Å². The normalized spacial score (nSPS) is 10.0. The largest absolute Gasteiger partial charge is 0.497 e. The van der Waals surface area contributed by atoms with E-state index in [-0.39, 0.29) is 5.91 Å². The van der Waals surface area contributed by atoms with Crippen molar-refractivity contribution in [2.45, 2.75) is 13.3 Å². The summed E-state index contributed by atoms with van der Waals surface area (Å²) >= 11 is 0. The van der Waals surface area contributed by atoms with Gasteiger partial charge in [0, 0.05) is 12.6 Å². The highest BCUT2D eigenvalue weighted by Crippen LogP contribution is 2.16. The van der Waals surface area contributed by atoms with Gasteiger partial charge in [0.25, 0.3) is 0 Å². The van der Waals surface area contributed by atoms with Crippen molar-refractivity contribution in [2.24, 2.45) is 0 Å². The first kappa shape index (κ1) is 13.1. The Morgan fingerprint density at radius 1 is 1.00 bits per heavy atom. The Labute approximate surface area is 113 Å². The minimum Gasteiger partial charge on any atom is -0.497 e. The molecule has 0 bridgehead atoms. The number of hydrogen-bond acceptors (Lipinski definition) is 2. The molecule has 0 unspecified atom stereocenters. The number of amides is 1. The summed E-state index contributed by atoms with van der Waals surface area (Å²) in [5, 5.41) is 2.76. The van der Waals surface area contributed by atoms with Crippen LogP contribution in [0, 0.1) is 0 Å². The molecule has 2 rings (SSSR count). The molecule has 3 nitrogen and oxygen atoms in total. The standard InChI is InChI=1S/C16H17NO2/c1-12(18)17-15-7-3-13(4-8-15)11-14-5-9-16(19-2)10-6-14/h3-10H,11H2,1-2H3,(H,17,18). The van der Waals surface area contributed by atoms with Crippen molar-refractivity contribution in [1.82, 2.24) is 0 Å². The predicted molar refractivity (Wildman–Crippen MR) is 76.5 cm³/mol. The fourth-order valence-corrected chi connectivity index (χ4v) is 1.89. The Hall–Kier alpha value is -2.29. The summed E-state index contributed by atoms with van der Waals surface area (Å²) in [6.45, 7) is 1.51. The molecule has 2 aromatic carbocycles. The van der Waals surface area contributed by atoms with Gasteiger partial charge in [-0.15, -0.1) is 0 Å². The van der Waals surface area contributed by atoms with Gasteiger partial charge in [0.2, 0.25) is 5.91 Å². The van der Waals surface area contributed by atoms with Gasteiger partial charge < -0.3 is 10.1 Å². The first-order chi connectivity index (χ1) is 9.17. The fraction of sp³-hybridized carbons (Fsp3) is 0.188. The van der Waals surface area contributed by atoms with Crippen molar-refractivity contribution in [2.75, 3.05) is 12.4 Å². The molecule has 19 heavy (non-hydrogen) atoms. The van der Waals surface area contributed by atoms with Gasteiger partial charge >= 0.3 is 0 Å². The molecule has 2 aromatic rings. The van der Waals surface area contributed by atoms with E-state index < -0.39 is 0 Å². The molecule has 0 aliphatic heterocycles. The molecule has 0 heterocycles. The second kappa shape index (κ2) is 6.05. The van der Waals surface area contributed by atoms with Gasteiger partial charge in [0.05, 0.1) is 7.11 Å². The van der Waals surface area contributed by atoms with Crippen LogP contribution in [0.5, 0.6) is 5.75 Å². The van der Waals surface area contributed by atoms with Crippen LogP contribution in [-0.2, 0) is 11.2 Å². The Kier molecular flexibility index (Phi) is 4.18. The van der Waals surface area contributed by atoms with E-state index >= 15 is 0 Å². The van der Waals surface area contributed by atoms with Crippen molar-refractivity contribution < 1.29 is 9.53 Å². The van der Waals surface area contributed by atoms with Crippen LogP contribution in [0.3, 0.4) is 0 Å². The monoisotopic (exact) mass is 255 g/mol. The molecular weight excluding hydrogens is 238 g/mol. The average molecular weight is 255 g/mol. The quantitative estimate of drug-likeness (QED) is 0.910. The number of carbonyl (C=O) groups is 1. The number of ether oxygens (including phenoxy) is 1. The van der Waals surface area contributed by atoms with Crippen molar-refractivity contribution in [3.8, 4) is 5.75 Å². The SMILES string of the molecule is COc1ccc(Cc2ccc(NC(C)=O)cc2)cc1. The summed E-state index contributed by atoms with van der Waals surface area (Å²) in [6.07, 6.45) is 0.865. The summed E-state index contributed by atoms with van der Waals surface area (Å²) < 4.78 is 5.13. The number of carbonyl (C=O) groups excluding carboxylic acids is 1. The van der Waals surface area contributed by atoms with Crippen LogP contribution in [-0.4, -0.2) is 13.0 Å². The Morgan fingerprint density at radius 2 is 1.53 bits per heavy atom. The molecule has 0 aliphatic rings. The predicted octanol–water partition coefficient (Wildman–Crippen LogP) is 3.24. The van der Waals surface area contributed by atoms with Gasteiger partial charge in [-0.2, -0.15) is 0 Å². The zero-order valence-electron chi connectivity index (χ0n) is 11.1. The molecule has 0 aliphatic carbocycles. The maximum absolute atomic E-state index is 10.9. The third-order valence-electron chi connectivity index (χ3n) is 2.84. The van der Waals surface area contributed by atoms with E-state index in [4.69, 9.17) is 4.74 Å². The van der Waals surface area contributed by atoms with Crippen LogP contribution in [0.15, 0.2) is 48.5 Å². The summed E-state index contributed by atoms with van der Waals surface area (Å²) in [4.78, 5) is 10.9. The van der Waals surface area contributed by atoms with E-state index in [9.17, 15) is 4.79 Å². The van der Waals surface area contributed by atoms with E-state index in [0.717, 1.165) is 17.9 Å². The number of methoxy groups -OCH3 is 1. The Morgan fingerprint density at radius 3 is 2.00 bits per heavy atom. The van der Waals surface area contributed by atoms with E-state index in [0.29, 0.717) is 0 Å². The molecule has 1 amide bonds. The fourth-order valence-electron chi connectivity index (χ4n) is 1.89. The lowest BCUT2D eigenvalue weighted by molar-refractivity contribution is -0.114. The molecular formula is C16H17NO2. The van der Waals surface area contributed by atoms with Crippen molar-refractivity contribution in [3.05, 3.63) is 59.7 Å². The van der Waals surface area contributed by atoms with E-state index in [1.54, 1.807) is 7.11 Å². The third kappa shape index (κ3) is 3.85. The van der Waals surface area contributed by atoms with E-state index in [1.807, 2.05) is 36.4 Å². The Bertz CT molecular complexity index is 544. The Balaban J connectivity index is 2.04. The minimum atomic E-state index is -0.0529. The molecule has 0 aromatic heterocycles. The molecule has 3 heteroatoms. The maximum Gasteiger partial charge on any atom is 0.221 e. The van der Waals surface area contributed by atoms with Crippen LogP contribution in [0.25, 0.3) is 0 Å². The number of nitrogens with one attached hydrogen (secondary N) is 1. The van der Waals surface area contributed by atoms with E-state index in [1.165, 1.54) is 18.1 Å². The number of anilines is 1. The van der Waals surface area contributed by atoms with Gasteiger partial charge in [-0.25, -0.2) is 0 Å². The highest BCUT2D eigenvalue weighted by Gasteiger charge is 1.99. The molecule has 0 atom stereocenters. The summed E-state index contributed by atoms with van der Waals surface area (Å²) in [5.74, 6) is 0.813. The minimum absolute atomic E-state index is 0.0529. The van der Waals surface area contributed by atoms with Gasteiger partial charge in [-0.05, 0) is 41.8 Å². The third-order valence-corrected chi connectivity index (χ3v) is 2.84. The lowest BCUT2D eigenvalue weighted by Crippen LogP contribution is -2.05. The van der Waals surface area contributed by atoms with E-state index in [2.05, 4.69) is 17.4 Å². The van der Waals surface area contributed by atoms with Crippen LogP contribution < -0.4 is 10.1 Å². The van der Waals surface area contributed by atoms with Gasteiger partial charge in [-0.3, -0.25) is 4.79 Å². The highest BCUT2D eigenvalue weighted by molar-refractivity contribution is 5.88. The number of benzene rings is 2. The molecule has 0 radical (unpaired) electrons. The summed E-state index contributed by atoms with van der Waals surface area (Å²) in [5.41, 5.74) is 3.26. The zero-order valence-corrected chi connectivity index (χ0v) is 11.1. The van der Waals surface area contributed by atoms with Gasteiger partial charge in [0.15, 0.2) is 0 Å². The van der Waals surface area contributed by atoms with Crippen LogP contribution >= 0.6 is 0 Å². The van der Waals surface area contributed by atoms with Crippen LogP contribution in [0.2, 0.25) is 0 Å². The summed E-state index contributed by atoms with van der Waals surface area (Å²) in [6, 6.07) is 15.9. The number of rotatable bonds is 4. The number of hydrogen-bond donors (Lipinski definition) is 1. The molecule has 1 N–H and O–H groups in total. The lowest BCUT2D eigenvalue weighted by atomic mass is 10.0. The maximum atomic E-state index is 10.9. The molecule has 0 saturated heterocycles. The molecule has 0 fully saturated rings. The first-order valence-corrected chi connectivity index (χ1v) is 6.17. The first-order valence-electron chi connectivity index (χ1n) is 6.17.